The van der Waals surface area contributed by atoms with Gasteiger partial charge in [-0.25, -0.2) is 18.4 Å². The Morgan fingerprint density at radius 1 is 1.18 bits per heavy atom. The second-order valence-electron chi connectivity index (χ2n) is 9.80. The van der Waals surface area contributed by atoms with E-state index in [1.807, 2.05) is 6.92 Å². The lowest BCUT2D eigenvalue weighted by Gasteiger charge is -2.38. The molecule has 0 amide bonds. The lowest BCUT2D eigenvalue weighted by Crippen LogP contribution is -2.46. The fourth-order valence-electron chi connectivity index (χ4n) is 4.53. The van der Waals surface area contributed by atoms with Crippen molar-refractivity contribution in [3.63, 3.8) is 0 Å². The maximum Gasteiger partial charge on any atom is 0.418 e. The van der Waals surface area contributed by atoms with Crippen molar-refractivity contribution >= 4 is 27.6 Å². The second-order valence-corrected chi connectivity index (χ2v) is 11.5. The molecule has 9 nitrogen and oxygen atoms in total. The predicted octanol–water partition coefficient (Wildman–Crippen LogP) is 5.44. The fourth-order valence-corrected chi connectivity index (χ4v) is 5.54. The van der Waals surface area contributed by atoms with E-state index in [9.17, 15) is 31.5 Å². The molecule has 0 aliphatic carbocycles. The van der Waals surface area contributed by atoms with E-state index < -0.39 is 33.1 Å². The van der Waals surface area contributed by atoms with Crippen molar-refractivity contribution in [3.05, 3.63) is 60.4 Å². The van der Waals surface area contributed by atoms with Crippen LogP contribution in [-0.4, -0.2) is 49.2 Å². The maximum atomic E-state index is 13.9. The Morgan fingerprint density at radius 2 is 1.93 bits per heavy atom. The van der Waals surface area contributed by atoms with Gasteiger partial charge in [-0.05, 0) is 44.4 Å². The minimum Gasteiger partial charge on any atom is -0.493 e. The molecular weight excluding hydrogens is 549 g/mol. The number of nitrogens with zero attached hydrogens (tertiary/aromatic N) is 3. The number of para-hydroxylation sites is 1. The van der Waals surface area contributed by atoms with Gasteiger partial charge in [0.1, 0.15) is 17.4 Å². The summed E-state index contributed by atoms with van der Waals surface area (Å²) in [5.41, 5.74) is -2.20. The summed E-state index contributed by atoms with van der Waals surface area (Å²) in [6.07, 6.45) is -1.18. The number of halogens is 3. The van der Waals surface area contributed by atoms with Crippen LogP contribution in [0.15, 0.2) is 59.8 Å². The molecule has 0 spiro atoms. The average molecular weight is 579 g/mol. The van der Waals surface area contributed by atoms with E-state index in [1.54, 1.807) is 30.0 Å². The number of piperidine rings is 1. The van der Waals surface area contributed by atoms with E-state index in [0.29, 0.717) is 32.0 Å². The number of carboxylic acid groups (broad SMARTS) is 1. The highest BCUT2D eigenvalue weighted by molar-refractivity contribution is 7.92. The van der Waals surface area contributed by atoms with Gasteiger partial charge in [0.15, 0.2) is 0 Å². The Balaban J connectivity index is 1.68. The van der Waals surface area contributed by atoms with Gasteiger partial charge in [0.25, 0.3) is 10.0 Å². The largest absolute Gasteiger partial charge is 0.493 e. The van der Waals surface area contributed by atoms with Crippen molar-refractivity contribution in [2.75, 3.05) is 29.3 Å². The summed E-state index contributed by atoms with van der Waals surface area (Å²) in [4.78, 5) is 21.2. The first-order chi connectivity index (χ1) is 18.8. The Hall–Kier alpha value is -3.87. The van der Waals surface area contributed by atoms with Gasteiger partial charge < -0.3 is 14.7 Å². The van der Waals surface area contributed by atoms with Gasteiger partial charge >= 0.3 is 12.1 Å². The van der Waals surface area contributed by atoms with Crippen LogP contribution in [-0.2, 0) is 21.0 Å². The number of ether oxygens (including phenoxy) is 1. The van der Waals surface area contributed by atoms with Gasteiger partial charge in [0.05, 0.1) is 22.5 Å². The Bertz CT molecular complexity index is 1500. The molecule has 214 valence electrons. The lowest BCUT2D eigenvalue weighted by molar-refractivity contribution is -0.148. The SMILES string of the molecule is CCCOc1ccccc1-c1cc(NS(=O)(=O)c2ccnc(N3CCC[C@@](C)(C(=O)O)C3)c2)ncc1C(F)(F)F. The normalized spacial score (nSPS) is 17.9. The summed E-state index contributed by atoms with van der Waals surface area (Å²) in [7, 11) is -4.30. The molecule has 13 heteroatoms. The van der Waals surface area contributed by atoms with Crippen molar-refractivity contribution in [1.82, 2.24) is 9.97 Å². The number of anilines is 2. The number of aliphatic carboxylic acids is 1. The van der Waals surface area contributed by atoms with Crippen LogP contribution < -0.4 is 14.4 Å². The first kappa shape index (κ1) is 29.1. The number of nitrogens with one attached hydrogen (secondary N) is 1. The molecule has 3 aromatic rings. The van der Waals surface area contributed by atoms with E-state index >= 15 is 0 Å². The zero-order chi connectivity index (χ0) is 29.1. The molecule has 0 unspecified atom stereocenters. The van der Waals surface area contributed by atoms with Crippen molar-refractivity contribution in [1.29, 1.82) is 0 Å². The summed E-state index contributed by atoms with van der Waals surface area (Å²) in [5.74, 6) is -0.766. The van der Waals surface area contributed by atoms with Crippen LogP contribution in [0.1, 0.15) is 38.7 Å². The Morgan fingerprint density at radius 3 is 2.62 bits per heavy atom. The molecule has 2 aromatic heterocycles. The third kappa shape index (κ3) is 6.30. The Kier molecular flexibility index (Phi) is 8.24. The summed E-state index contributed by atoms with van der Waals surface area (Å²) < 4.78 is 76.2. The number of pyridine rings is 2. The van der Waals surface area contributed by atoms with Crippen molar-refractivity contribution in [2.45, 2.75) is 44.2 Å². The van der Waals surface area contributed by atoms with Crippen molar-refractivity contribution < 1.29 is 36.2 Å². The monoisotopic (exact) mass is 578 g/mol. The minimum absolute atomic E-state index is 0.142. The molecule has 0 saturated carbocycles. The average Bonchev–Trinajstić information content (AvgIpc) is 2.91. The number of carboxylic acids is 1. The number of aromatic nitrogens is 2. The van der Waals surface area contributed by atoms with E-state index in [4.69, 9.17) is 4.74 Å². The smallest absolute Gasteiger partial charge is 0.418 e. The molecule has 3 heterocycles. The highest BCUT2D eigenvalue weighted by atomic mass is 32.2. The van der Waals surface area contributed by atoms with Crippen LogP contribution in [0.2, 0.25) is 0 Å². The van der Waals surface area contributed by atoms with Gasteiger partial charge in [-0.1, -0.05) is 25.1 Å². The number of hydrogen-bond donors (Lipinski definition) is 2. The fraction of sp³-hybridized carbons (Fsp3) is 0.370. The summed E-state index contributed by atoms with van der Waals surface area (Å²) in [6, 6.07) is 9.78. The third-order valence-electron chi connectivity index (χ3n) is 6.65. The lowest BCUT2D eigenvalue weighted by atomic mass is 9.82. The van der Waals surface area contributed by atoms with Crippen LogP contribution in [0.3, 0.4) is 0 Å². The molecule has 40 heavy (non-hydrogen) atoms. The predicted molar refractivity (Wildman–Crippen MR) is 143 cm³/mol. The molecule has 1 atom stereocenters. The van der Waals surface area contributed by atoms with Crippen LogP contribution in [0, 0.1) is 5.41 Å². The van der Waals surface area contributed by atoms with Gasteiger partial charge in [-0.3, -0.25) is 9.52 Å². The van der Waals surface area contributed by atoms with Crippen LogP contribution in [0.4, 0.5) is 24.8 Å². The van der Waals surface area contributed by atoms with Gasteiger partial charge in [-0.2, -0.15) is 13.2 Å². The number of alkyl halides is 3. The van der Waals surface area contributed by atoms with Crippen molar-refractivity contribution in [3.8, 4) is 16.9 Å². The first-order valence-corrected chi connectivity index (χ1v) is 14.1. The number of carbonyl (C=O) groups is 1. The zero-order valence-electron chi connectivity index (χ0n) is 21.9. The molecular formula is C27H29F3N4O5S. The molecule has 1 aromatic carbocycles. The summed E-state index contributed by atoms with van der Waals surface area (Å²) in [6.45, 7) is 4.42. The summed E-state index contributed by atoms with van der Waals surface area (Å²) >= 11 is 0. The van der Waals surface area contributed by atoms with Crippen LogP contribution >= 0.6 is 0 Å². The Labute approximate surface area is 230 Å². The molecule has 1 aliphatic heterocycles. The van der Waals surface area contributed by atoms with Gasteiger partial charge in [-0.15, -0.1) is 0 Å². The van der Waals surface area contributed by atoms with E-state index in [-0.39, 0.29) is 46.6 Å². The maximum absolute atomic E-state index is 13.9. The van der Waals surface area contributed by atoms with E-state index in [2.05, 4.69) is 14.7 Å². The number of sulfonamides is 1. The molecule has 1 fully saturated rings. The quantitative estimate of drug-likeness (QED) is 0.344. The highest BCUT2D eigenvalue weighted by Gasteiger charge is 2.39. The van der Waals surface area contributed by atoms with Gasteiger partial charge in [0, 0.05) is 42.7 Å². The molecule has 2 N–H and O–H groups in total. The molecule has 0 bridgehead atoms. The van der Waals surface area contributed by atoms with E-state index in [1.165, 1.54) is 24.4 Å². The third-order valence-corrected chi connectivity index (χ3v) is 8.00. The second kappa shape index (κ2) is 11.3. The number of benzene rings is 1. The molecule has 0 radical (unpaired) electrons. The van der Waals surface area contributed by atoms with Crippen LogP contribution in [0.5, 0.6) is 5.75 Å². The topological polar surface area (TPSA) is 122 Å². The first-order valence-electron chi connectivity index (χ1n) is 12.6. The number of hydrogen-bond acceptors (Lipinski definition) is 7. The molecule has 1 aliphatic rings. The summed E-state index contributed by atoms with van der Waals surface area (Å²) in [5, 5.41) is 9.61. The number of rotatable bonds is 9. The van der Waals surface area contributed by atoms with Crippen LogP contribution in [0.25, 0.3) is 11.1 Å². The zero-order valence-corrected chi connectivity index (χ0v) is 22.7. The van der Waals surface area contributed by atoms with Gasteiger partial charge in [0.2, 0.25) is 0 Å². The minimum atomic E-state index is -4.75. The van der Waals surface area contributed by atoms with E-state index in [0.717, 1.165) is 6.07 Å². The molecule has 1 saturated heterocycles. The van der Waals surface area contributed by atoms with Crippen molar-refractivity contribution in [2.24, 2.45) is 5.41 Å². The standard InChI is InChI=1S/C27H29F3N4O5S/c1-3-13-39-22-8-5-4-7-19(22)20-15-23(32-16-21(20)27(28,29)30)33-40(37,38)18-9-11-31-24(14-18)34-12-6-10-26(2,17-34)25(35)36/h4-5,7-9,11,14-16H,3,6,10,12-13,17H2,1-2H3,(H,32,33)(H,35,36)/t26-/m1/s1. The molecule has 4 rings (SSSR count). The highest BCUT2D eigenvalue weighted by Crippen LogP contribution is 2.41.